The maximum atomic E-state index is 12.9. The highest BCUT2D eigenvalue weighted by molar-refractivity contribution is 6.00. The molecule has 2 aliphatic rings. The normalized spacial score (nSPS) is 25.4. The summed E-state index contributed by atoms with van der Waals surface area (Å²) in [4.78, 5) is 14.9. The Morgan fingerprint density at radius 1 is 1.30 bits per heavy atom. The molecule has 1 heterocycles. The summed E-state index contributed by atoms with van der Waals surface area (Å²) in [5.41, 5.74) is 5.17. The lowest BCUT2D eigenvalue weighted by atomic mass is 9.85. The Balaban J connectivity index is 1.87. The number of hydrogen-bond donors (Lipinski definition) is 2. The molecule has 2 fully saturated rings. The van der Waals surface area contributed by atoms with Crippen molar-refractivity contribution in [1.29, 1.82) is 0 Å². The SMILES string of the molecule is Cc1ccc(NN)c(C(=O)N2CCC3CCCCC32)c1. The molecule has 1 aliphatic heterocycles. The molecule has 0 spiro atoms. The molecule has 2 unspecified atom stereocenters. The van der Waals surface area contributed by atoms with Crippen LogP contribution in [0.3, 0.4) is 0 Å². The minimum Gasteiger partial charge on any atom is -0.335 e. The molecule has 1 amide bonds. The lowest BCUT2D eigenvalue weighted by molar-refractivity contribution is 0.0691. The van der Waals surface area contributed by atoms with Crippen molar-refractivity contribution < 1.29 is 4.79 Å². The molecule has 4 nitrogen and oxygen atoms in total. The molecule has 1 aromatic rings. The van der Waals surface area contributed by atoms with Gasteiger partial charge in [-0.05, 0) is 44.2 Å². The second-order valence-corrected chi connectivity index (χ2v) is 6.09. The van der Waals surface area contributed by atoms with Gasteiger partial charge < -0.3 is 10.3 Å². The number of likely N-dealkylation sites (tertiary alicyclic amines) is 1. The summed E-state index contributed by atoms with van der Waals surface area (Å²) in [5.74, 6) is 6.40. The second kappa shape index (κ2) is 5.44. The first-order valence-electron chi connectivity index (χ1n) is 7.59. The number of hydrazine groups is 1. The van der Waals surface area contributed by atoms with Gasteiger partial charge in [-0.1, -0.05) is 24.5 Å². The molecule has 4 heteroatoms. The van der Waals surface area contributed by atoms with Crippen molar-refractivity contribution in [3.63, 3.8) is 0 Å². The number of nitrogens with zero attached hydrogens (tertiary/aromatic N) is 1. The van der Waals surface area contributed by atoms with Gasteiger partial charge in [0.25, 0.3) is 5.91 Å². The number of nitrogens with two attached hydrogens (primary N) is 1. The molecule has 1 saturated carbocycles. The van der Waals surface area contributed by atoms with Crippen molar-refractivity contribution >= 4 is 11.6 Å². The minimum atomic E-state index is 0.135. The fourth-order valence-corrected chi connectivity index (χ4v) is 3.77. The largest absolute Gasteiger partial charge is 0.335 e. The number of nitrogen functional groups attached to an aromatic ring is 1. The van der Waals surface area contributed by atoms with Gasteiger partial charge in [-0.25, -0.2) is 0 Å². The third-order valence-corrected chi connectivity index (χ3v) is 4.83. The smallest absolute Gasteiger partial charge is 0.256 e. The van der Waals surface area contributed by atoms with Crippen molar-refractivity contribution in [1.82, 2.24) is 4.90 Å². The highest BCUT2D eigenvalue weighted by Crippen LogP contribution is 2.37. The predicted molar refractivity (Wildman–Crippen MR) is 80.4 cm³/mol. The van der Waals surface area contributed by atoms with Crippen LogP contribution in [0, 0.1) is 12.8 Å². The molecule has 1 aliphatic carbocycles. The third-order valence-electron chi connectivity index (χ3n) is 4.83. The maximum absolute atomic E-state index is 12.9. The van der Waals surface area contributed by atoms with Gasteiger partial charge >= 0.3 is 0 Å². The van der Waals surface area contributed by atoms with Crippen LogP contribution in [0.1, 0.15) is 48.0 Å². The molecular weight excluding hydrogens is 250 g/mol. The van der Waals surface area contributed by atoms with Crippen molar-refractivity contribution in [2.45, 2.75) is 45.1 Å². The maximum Gasteiger partial charge on any atom is 0.256 e. The summed E-state index contributed by atoms with van der Waals surface area (Å²) in [6.45, 7) is 2.90. The van der Waals surface area contributed by atoms with Crippen LogP contribution < -0.4 is 11.3 Å². The van der Waals surface area contributed by atoms with E-state index < -0.39 is 0 Å². The Kier molecular flexibility index (Phi) is 3.66. The van der Waals surface area contributed by atoms with E-state index in [1.807, 2.05) is 25.1 Å². The van der Waals surface area contributed by atoms with E-state index in [0.29, 0.717) is 17.5 Å². The average molecular weight is 273 g/mol. The summed E-state index contributed by atoms with van der Waals surface area (Å²) in [6, 6.07) is 6.24. The molecule has 0 aromatic heterocycles. The number of nitrogens with one attached hydrogen (secondary N) is 1. The molecule has 3 N–H and O–H groups in total. The fraction of sp³-hybridized carbons (Fsp3) is 0.562. The van der Waals surface area contributed by atoms with Crippen LogP contribution in [-0.2, 0) is 0 Å². The summed E-state index contributed by atoms with van der Waals surface area (Å²) in [7, 11) is 0. The lowest BCUT2D eigenvalue weighted by Gasteiger charge is -2.32. The number of rotatable bonds is 2. The van der Waals surface area contributed by atoms with E-state index in [1.165, 1.54) is 19.3 Å². The van der Waals surface area contributed by atoms with Gasteiger partial charge in [-0.2, -0.15) is 0 Å². The molecule has 108 valence electrons. The van der Waals surface area contributed by atoms with Gasteiger partial charge in [0.05, 0.1) is 11.3 Å². The topological polar surface area (TPSA) is 58.4 Å². The van der Waals surface area contributed by atoms with E-state index in [-0.39, 0.29) is 5.91 Å². The summed E-state index contributed by atoms with van der Waals surface area (Å²) in [6.07, 6.45) is 6.18. The Morgan fingerprint density at radius 3 is 2.90 bits per heavy atom. The van der Waals surface area contributed by atoms with E-state index >= 15 is 0 Å². The standard InChI is InChI=1S/C16H23N3O/c1-11-6-7-14(18-17)13(10-11)16(20)19-9-8-12-4-2-3-5-15(12)19/h6-7,10,12,15,18H,2-5,8-9,17H2,1H3. The first-order valence-corrected chi connectivity index (χ1v) is 7.59. The molecule has 1 saturated heterocycles. The number of amides is 1. The van der Waals surface area contributed by atoms with Crippen molar-refractivity contribution in [2.24, 2.45) is 11.8 Å². The van der Waals surface area contributed by atoms with Crippen LogP contribution in [0.25, 0.3) is 0 Å². The van der Waals surface area contributed by atoms with Crippen LogP contribution in [0.5, 0.6) is 0 Å². The van der Waals surface area contributed by atoms with Gasteiger partial charge in [0.2, 0.25) is 0 Å². The predicted octanol–water partition coefficient (Wildman–Crippen LogP) is 2.69. The first-order chi connectivity index (χ1) is 9.70. The number of benzene rings is 1. The summed E-state index contributed by atoms with van der Waals surface area (Å²) < 4.78 is 0. The van der Waals surface area contributed by atoms with E-state index in [4.69, 9.17) is 5.84 Å². The number of hydrogen-bond acceptors (Lipinski definition) is 3. The minimum absolute atomic E-state index is 0.135. The number of anilines is 1. The molecule has 1 aromatic carbocycles. The van der Waals surface area contributed by atoms with Crippen molar-refractivity contribution in [3.8, 4) is 0 Å². The summed E-state index contributed by atoms with van der Waals surface area (Å²) in [5, 5.41) is 0. The molecule has 3 rings (SSSR count). The van der Waals surface area contributed by atoms with Gasteiger partial charge in [0.15, 0.2) is 0 Å². The van der Waals surface area contributed by atoms with Crippen LogP contribution in [0.2, 0.25) is 0 Å². The zero-order chi connectivity index (χ0) is 14.1. The van der Waals surface area contributed by atoms with Crippen LogP contribution in [0.4, 0.5) is 5.69 Å². The number of carbonyl (C=O) groups excluding carboxylic acids is 1. The summed E-state index contributed by atoms with van der Waals surface area (Å²) >= 11 is 0. The van der Waals surface area contributed by atoms with Crippen molar-refractivity contribution in [3.05, 3.63) is 29.3 Å². The Bertz CT molecular complexity index is 514. The van der Waals surface area contributed by atoms with E-state index in [0.717, 1.165) is 30.6 Å². The number of fused-ring (bicyclic) bond motifs is 1. The quantitative estimate of drug-likeness (QED) is 0.643. The Hall–Kier alpha value is -1.55. The van der Waals surface area contributed by atoms with Gasteiger partial charge in [-0.15, -0.1) is 0 Å². The zero-order valence-corrected chi connectivity index (χ0v) is 12.1. The number of aryl methyl sites for hydroxylation is 1. The van der Waals surface area contributed by atoms with E-state index in [9.17, 15) is 4.79 Å². The average Bonchev–Trinajstić information content (AvgIpc) is 2.90. The molecule has 0 radical (unpaired) electrons. The van der Waals surface area contributed by atoms with Gasteiger partial charge in [0.1, 0.15) is 0 Å². The molecule has 20 heavy (non-hydrogen) atoms. The first kappa shape index (κ1) is 13.4. The van der Waals surface area contributed by atoms with Gasteiger partial charge in [0, 0.05) is 12.6 Å². The van der Waals surface area contributed by atoms with Crippen LogP contribution in [-0.4, -0.2) is 23.4 Å². The van der Waals surface area contributed by atoms with E-state index in [2.05, 4.69) is 10.3 Å². The highest BCUT2D eigenvalue weighted by Gasteiger charge is 2.38. The monoisotopic (exact) mass is 273 g/mol. The Labute approximate surface area is 120 Å². The Morgan fingerprint density at radius 2 is 2.10 bits per heavy atom. The van der Waals surface area contributed by atoms with E-state index in [1.54, 1.807) is 0 Å². The fourth-order valence-electron chi connectivity index (χ4n) is 3.77. The van der Waals surface area contributed by atoms with Crippen LogP contribution in [0.15, 0.2) is 18.2 Å². The van der Waals surface area contributed by atoms with Crippen LogP contribution >= 0.6 is 0 Å². The lowest BCUT2D eigenvalue weighted by Crippen LogP contribution is -2.39. The molecular formula is C16H23N3O. The third kappa shape index (κ3) is 2.29. The van der Waals surface area contributed by atoms with Gasteiger partial charge in [-0.3, -0.25) is 10.6 Å². The second-order valence-electron chi connectivity index (χ2n) is 6.09. The zero-order valence-electron chi connectivity index (χ0n) is 12.1. The van der Waals surface area contributed by atoms with Crippen molar-refractivity contribution in [2.75, 3.05) is 12.0 Å². The molecule has 2 atom stereocenters. The highest BCUT2D eigenvalue weighted by atomic mass is 16.2. The molecule has 0 bridgehead atoms. The number of carbonyl (C=O) groups is 1.